The second kappa shape index (κ2) is 5.76. The van der Waals surface area contributed by atoms with E-state index in [-0.39, 0.29) is 5.82 Å². The maximum Gasteiger partial charge on any atom is 0.123 e. The van der Waals surface area contributed by atoms with E-state index < -0.39 is 0 Å². The minimum Gasteiger partial charge on any atom is -0.240 e. The van der Waals surface area contributed by atoms with Gasteiger partial charge in [-0.05, 0) is 53.8 Å². The molecule has 0 N–H and O–H groups in total. The molecule has 0 saturated carbocycles. The highest BCUT2D eigenvalue weighted by Gasteiger charge is 2.11. The standard InChI is InChI=1S/C19H19FN2/c1-13(2)18-8-7-16(15-5-4-6-17(20)11-15)12-19(18)22-10-9-14(3)21-22/h4-13H,1-3H3. The highest BCUT2D eigenvalue weighted by molar-refractivity contribution is 5.67. The first-order chi connectivity index (χ1) is 10.5. The molecule has 0 fully saturated rings. The zero-order chi connectivity index (χ0) is 15.7. The first kappa shape index (κ1) is 14.5. The molecule has 1 heterocycles. The van der Waals surface area contributed by atoms with Crippen molar-refractivity contribution in [1.29, 1.82) is 0 Å². The van der Waals surface area contributed by atoms with Crippen LogP contribution in [0.15, 0.2) is 54.7 Å². The van der Waals surface area contributed by atoms with Gasteiger partial charge in [-0.15, -0.1) is 0 Å². The lowest BCUT2D eigenvalue weighted by atomic mass is 9.96. The molecule has 0 spiro atoms. The summed E-state index contributed by atoms with van der Waals surface area (Å²) in [5.41, 5.74) is 5.12. The number of halogens is 1. The monoisotopic (exact) mass is 294 g/mol. The van der Waals surface area contributed by atoms with Crippen LogP contribution in [0.3, 0.4) is 0 Å². The Hall–Kier alpha value is -2.42. The SMILES string of the molecule is Cc1ccn(-c2cc(-c3cccc(F)c3)ccc2C(C)C)n1. The maximum absolute atomic E-state index is 13.5. The number of hydrogen-bond donors (Lipinski definition) is 0. The quantitative estimate of drug-likeness (QED) is 0.656. The summed E-state index contributed by atoms with van der Waals surface area (Å²) in [5, 5.41) is 4.52. The smallest absolute Gasteiger partial charge is 0.123 e. The summed E-state index contributed by atoms with van der Waals surface area (Å²) in [4.78, 5) is 0. The molecular formula is C19H19FN2. The summed E-state index contributed by atoms with van der Waals surface area (Å²) in [6.07, 6.45) is 1.96. The molecular weight excluding hydrogens is 275 g/mol. The number of nitrogens with zero attached hydrogens (tertiary/aromatic N) is 2. The molecule has 0 aliphatic carbocycles. The van der Waals surface area contributed by atoms with E-state index in [2.05, 4.69) is 31.1 Å². The molecule has 0 aliphatic rings. The third-order valence-corrected chi connectivity index (χ3v) is 3.78. The number of hydrogen-bond acceptors (Lipinski definition) is 1. The highest BCUT2D eigenvalue weighted by atomic mass is 19.1. The lowest BCUT2D eigenvalue weighted by Crippen LogP contribution is -2.02. The van der Waals surface area contributed by atoms with Gasteiger partial charge in [0.15, 0.2) is 0 Å². The lowest BCUT2D eigenvalue weighted by molar-refractivity contribution is 0.628. The van der Waals surface area contributed by atoms with Gasteiger partial charge in [-0.1, -0.05) is 38.1 Å². The normalized spacial score (nSPS) is 11.1. The minimum absolute atomic E-state index is 0.220. The van der Waals surface area contributed by atoms with Crippen LogP contribution in [-0.2, 0) is 0 Å². The van der Waals surface area contributed by atoms with Crippen molar-refractivity contribution in [2.24, 2.45) is 0 Å². The molecule has 3 aromatic rings. The van der Waals surface area contributed by atoms with E-state index in [9.17, 15) is 4.39 Å². The zero-order valence-electron chi connectivity index (χ0n) is 13.0. The molecule has 0 saturated heterocycles. The van der Waals surface area contributed by atoms with Crippen LogP contribution >= 0.6 is 0 Å². The maximum atomic E-state index is 13.5. The van der Waals surface area contributed by atoms with Crippen molar-refractivity contribution < 1.29 is 4.39 Å². The summed E-state index contributed by atoms with van der Waals surface area (Å²) in [6.45, 7) is 6.30. The highest BCUT2D eigenvalue weighted by Crippen LogP contribution is 2.29. The van der Waals surface area contributed by atoms with Crippen LogP contribution in [0.4, 0.5) is 4.39 Å². The number of benzene rings is 2. The van der Waals surface area contributed by atoms with Gasteiger partial charge in [0, 0.05) is 6.20 Å². The third kappa shape index (κ3) is 2.80. The summed E-state index contributed by atoms with van der Waals surface area (Å²) >= 11 is 0. The summed E-state index contributed by atoms with van der Waals surface area (Å²) in [5.74, 6) is 0.169. The van der Waals surface area contributed by atoms with Crippen LogP contribution in [0, 0.1) is 12.7 Å². The number of rotatable bonds is 3. The Morgan fingerprint density at radius 2 is 1.77 bits per heavy atom. The van der Waals surface area contributed by atoms with Gasteiger partial charge in [0.25, 0.3) is 0 Å². The van der Waals surface area contributed by atoms with Crippen molar-refractivity contribution >= 4 is 0 Å². The van der Waals surface area contributed by atoms with Crippen LogP contribution in [0.1, 0.15) is 31.0 Å². The first-order valence-corrected chi connectivity index (χ1v) is 7.47. The van der Waals surface area contributed by atoms with Crippen LogP contribution in [0.5, 0.6) is 0 Å². The molecule has 2 aromatic carbocycles. The average Bonchev–Trinajstić information content (AvgIpc) is 2.93. The molecule has 1 aromatic heterocycles. The van der Waals surface area contributed by atoms with E-state index in [0.29, 0.717) is 5.92 Å². The Morgan fingerprint density at radius 3 is 2.41 bits per heavy atom. The van der Waals surface area contributed by atoms with Crippen molar-refractivity contribution in [3.63, 3.8) is 0 Å². The van der Waals surface area contributed by atoms with Crippen LogP contribution in [-0.4, -0.2) is 9.78 Å². The average molecular weight is 294 g/mol. The minimum atomic E-state index is -0.220. The second-order valence-electron chi connectivity index (χ2n) is 5.84. The molecule has 0 unspecified atom stereocenters. The van der Waals surface area contributed by atoms with Gasteiger partial charge in [0.1, 0.15) is 5.82 Å². The van der Waals surface area contributed by atoms with Crippen molar-refractivity contribution in [3.8, 4) is 16.8 Å². The van der Waals surface area contributed by atoms with Crippen molar-refractivity contribution in [2.75, 3.05) is 0 Å². The van der Waals surface area contributed by atoms with E-state index >= 15 is 0 Å². The van der Waals surface area contributed by atoms with E-state index in [1.54, 1.807) is 12.1 Å². The fourth-order valence-electron chi connectivity index (χ4n) is 2.63. The first-order valence-electron chi connectivity index (χ1n) is 7.47. The van der Waals surface area contributed by atoms with Crippen molar-refractivity contribution in [1.82, 2.24) is 9.78 Å². The molecule has 0 atom stereocenters. The fourth-order valence-corrected chi connectivity index (χ4v) is 2.63. The molecule has 3 rings (SSSR count). The van der Waals surface area contributed by atoms with Gasteiger partial charge >= 0.3 is 0 Å². The number of aryl methyl sites for hydroxylation is 1. The number of aromatic nitrogens is 2. The topological polar surface area (TPSA) is 17.8 Å². The third-order valence-electron chi connectivity index (χ3n) is 3.78. The molecule has 2 nitrogen and oxygen atoms in total. The van der Waals surface area contributed by atoms with Crippen LogP contribution in [0.2, 0.25) is 0 Å². The van der Waals surface area contributed by atoms with Gasteiger partial charge in [-0.25, -0.2) is 9.07 Å². The zero-order valence-corrected chi connectivity index (χ0v) is 13.0. The molecule has 112 valence electrons. The largest absolute Gasteiger partial charge is 0.240 e. The predicted molar refractivity (Wildman–Crippen MR) is 87.8 cm³/mol. The Bertz CT molecular complexity index is 803. The molecule has 0 radical (unpaired) electrons. The molecule has 0 aliphatic heterocycles. The van der Waals surface area contributed by atoms with E-state index in [1.165, 1.54) is 11.6 Å². The molecule has 3 heteroatoms. The van der Waals surface area contributed by atoms with Crippen LogP contribution < -0.4 is 0 Å². The second-order valence-corrected chi connectivity index (χ2v) is 5.84. The van der Waals surface area contributed by atoms with Gasteiger partial charge in [0.2, 0.25) is 0 Å². The van der Waals surface area contributed by atoms with Gasteiger partial charge in [-0.3, -0.25) is 0 Å². The Labute approximate surface area is 130 Å². The summed E-state index contributed by atoms with van der Waals surface area (Å²) in [7, 11) is 0. The van der Waals surface area contributed by atoms with Gasteiger partial charge in [0.05, 0.1) is 11.4 Å². The Balaban J connectivity index is 2.15. The predicted octanol–water partition coefficient (Wildman–Crippen LogP) is 5.11. The summed E-state index contributed by atoms with van der Waals surface area (Å²) in [6, 6.07) is 14.9. The van der Waals surface area contributed by atoms with E-state index in [4.69, 9.17) is 0 Å². The Kier molecular flexibility index (Phi) is 3.80. The van der Waals surface area contributed by atoms with E-state index in [0.717, 1.165) is 22.5 Å². The Morgan fingerprint density at radius 1 is 1.00 bits per heavy atom. The van der Waals surface area contributed by atoms with Gasteiger partial charge < -0.3 is 0 Å². The lowest BCUT2D eigenvalue weighted by Gasteiger charge is -2.15. The van der Waals surface area contributed by atoms with Crippen LogP contribution in [0.25, 0.3) is 16.8 Å². The van der Waals surface area contributed by atoms with Crippen molar-refractivity contribution in [2.45, 2.75) is 26.7 Å². The van der Waals surface area contributed by atoms with Gasteiger partial charge in [-0.2, -0.15) is 5.10 Å². The van der Waals surface area contributed by atoms with E-state index in [1.807, 2.05) is 36.0 Å². The fraction of sp³-hybridized carbons (Fsp3) is 0.211. The molecule has 0 amide bonds. The molecule has 22 heavy (non-hydrogen) atoms. The summed E-state index contributed by atoms with van der Waals surface area (Å²) < 4.78 is 15.4. The molecule has 0 bridgehead atoms. The van der Waals surface area contributed by atoms with Crippen molar-refractivity contribution in [3.05, 3.63) is 71.8 Å².